The molecule has 0 spiro atoms. The summed E-state index contributed by atoms with van der Waals surface area (Å²) in [6.07, 6.45) is 3.69. The van der Waals surface area contributed by atoms with Crippen LogP contribution in [-0.4, -0.2) is 85.7 Å². The fourth-order valence-corrected chi connectivity index (χ4v) is 5.89. The number of para-hydroxylation sites is 1. The smallest absolute Gasteiger partial charge is 0.250 e. The fourth-order valence-electron chi connectivity index (χ4n) is 5.89. The quantitative estimate of drug-likeness (QED) is 0.344. The van der Waals surface area contributed by atoms with Gasteiger partial charge in [0.1, 0.15) is 31.4 Å². The highest BCUT2D eigenvalue weighted by Gasteiger charge is 2.45. The van der Waals surface area contributed by atoms with Crippen LogP contribution in [-0.2, 0) is 36.8 Å². The molecule has 0 fully saturated rings. The Morgan fingerprint density at radius 3 is 2.64 bits per heavy atom. The van der Waals surface area contributed by atoms with Crippen molar-refractivity contribution in [2.24, 2.45) is 16.1 Å². The average Bonchev–Trinajstić information content (AvgIpc) is 3.61. The normalized spacial score (nSPS) is 20.6. The number of nitrogens with zero attached hydrogens (tertiary/aromatic N) is 4. The van der Waals surface area contributed by atoms with Crippen molar-refractivity contribution in [3.8, 4) is 0 Å². The van der Waals surface area contributed by atoms with E-state index in [0.29, 0.717) is 37.9 Å². The zero-order valence-electron chi connectivity index (χ0n) is 24.8. The molecule has 228 valence electrons. The van der Waals surface area contributed by atoms with E-state index in [1.165, 1.54) is 9.80 Å². The summed E-state index contributed by atoms with van der Waals surface area (Å²) in [5.74, 6) is -1.75. The molecule has 3 aliphatic rings. The van der Waals surface area contributed by atoms with E-state index in [9.17, 15) is 23.6 Å². The summed E-state index contributed by atoms with van der Waals surface area (Å²) in [5, 5.41) is 13.7. The lowest BCUT2D eigenvalue weighted by Crippen LogP contribution is -2.60. The van der Waals surface area contributed by atoms with Gasteiger partial charge in [0.15, 0.2) is 0 Å². The molecule has 1 aromatic rings. The van der Waals surface area contributed by atoms with Crippen molar-refractivity contribution < 1.29 is 28.3 Å². The van der Waals surface area contributed by atoms with Gasteiger partial charge in [0.2, 0.25) is 23.6 Å². The Hall–Kier alpha value is -3.67. The van der Waals surface area contributed by atoms with Crippen LogP contribution in [0.3, 0.4) is 0 Å². The summed E-state index contributed by atoms with van der Waals surface area (Å²) in [4.78, 5) is 57.5. The van der Waals surface area contributed by atoms with Gasteiger partial charge in [-0.25, -0.2) is 4.39 Å². The van der Waals surface area contributed by atoms with E-state index in [4.69, 9.17) is 4.74 Å². The Morgan fingerprint density at radius 2 is 1.98 bits per heavy atom. The van der Waals surface area contributed by atoms with Crippen molar-refractivity contribution in [2.75, 3.05) is 37.9 Å². The maximum Gasteiger partial charge on any atom is 0.250 e. The number of alkyl halides is 1. The Bertz CT molecular complexity index is 1250. The third-order valence-corrected chi connectivity index (χ3v) is 8.12. The molecule has 0 bridgehead atoms. The summed E-state index contributed by atoms with van der Waals surface area (Å²) in [5.41, 5.74) is 3.27. The molecular formula is C30H41FN6O5. The van der Waals surface area contributed by atoms with E-state index in [1.54, 1.807) is 13.8 Å². The van der Waals surface area contributed by atoms with E-state index < -0.39 is 36.6 Å². The summed E-state index contributed by atoms with van der Waals surface area (Å²) in [6, 6.07) is 2.94. The number of carbonyl (C=O) groups is 4. The number of nitrogens with one attached hydrogen (secondary N) is 2. The summed E-state index contributed by atoms with van der Waals surface area (Å²) < 4.78 is 17.7. The van der Waals surface area contributed by atoms with Gasteiger partial charge in [-0.3, -0.25) is 24.1 Å². The molecule has 4 rings (SSSR count). The Balaban J connectivity index is 1.56. The van der Waals surface area contributed by atoms with Crippen molar-refractivity contribution in [1.29, 1.82) is 0 Å². The van der Waals surface area contributed by atoms with E-state index in [0.717, 1.165) is 16.8 Å². The van der Waals surface area contributed by atoms with Crippen molar-refractivity contribution in [3.63, 3.8) is 0 Å². The van der Waals surface area contributed by atoms with Gasteiger partial charge in [0, 0.05) is 12.5 Å². The number of halogens is 1. The van der Waals surface area contributed by atoms with Crippen LogP contribution >= 0.6 is 0 Å². The summed E-state index contributed by atoms with van der Waals surface area (Å²) >= 11 is 0. The number of aryl methyl sites for hydroxylation is 1. The Labute approximate surface area is 245 Å². The largest absolute Gasteiger partial charge is 0.369 e. The number of carbonyl (C=O) groups excluding carboxylic acids is 4. The zero-order valence-corrected chi connectivity index (χ0v) is 24.8. The molecule has 42 heavy (non-hydrogen) atoms. The molecule has 12 heteroatoms. The van der Waals surface area contributed by atoms with Crippen LogP contribution in [0.4, 0.5) is 10.1 Å². The number of ether oxygens (including phenoxy) is 1. The van der Waals surface area contributed by atoms with Crippen LogP contribution in [0.1, 0.15) is 51.7 Å². The van der Waals surface area contributed by atoms with Crippen molar-refractivity contribution in [3.05, 3.63) is 41.1 Å². The SMILES string of the molecule is CC[C@H](C)[C@@H](C(=O)N[C@H]1CCc2cccc3c2N(C1=O)[C@H](C(=O)NCC1=CCN=N1)C3)N(C(=O)COCCF)C(C)C. The highest BCUT2D eigenvalue weighted by atomic mass is 19.1. The highest BCUT2D eigenvalue weighted by Crippen LogP contribution is 2.39. The maximum atomic E-state index is 14.1. The third-order valence-electron chi connectivity index (χ3n) is 8.12. The molecule has 0 aromatic heterocycles. The third kappa shape index (κ3) is 6.69. The van der Waals surface area contributed by atoms with Gasteiger partial charge in [-0.2, -0.15) is 10.2 Å². The van der Waals surface area contributed by atoms with E-state index in [2.05, 4.69) is 20.9 Å². The predicted octanol–water partition coefficient (Wildman–Crippen LogP) is 2.48. The first-order valence-corrected chi connectivity index (χ1v) is 14.7. The number of hydrogen-bond donors (Lipinski definition) is 2. The molecule has 4 amide bonds. The molecule has 0 aliphatic carbocycles. The second kappa shape index (κ2) is 14.0. The molecule has 3 aliphatic heterocycles. The van der Waals surface area contributed by atoms with Gasteiger partial charge < -0.3 is 20.3 Å². The number of anilines is 1. The van der Waals surface area contributed by atoms with Gasteiger partial charge in [0.05, 0.1) is 31.1 Å². The van der Waals surface area contributed by atoms with Crippen LogP contribution in [0.15, 0.2) is 40.2 Å². The van der Waals surface area contributed by atoms with Gasteiger partial charge in [0.25, 0.3) is 0 Å². The monoisotopic (exact) mass is 584 g/mol. The lowest BCUT2D eigenvalue weighted by atomic mass is 9.94. The number of rotatable bonds is 13. The van der Waals surface area contributed by atoms with E-state index in [1.807, 2.05) is 38.1 Å². The minimum atomic E-state index is -0.893. The van der Waals surface area contributed by atoms with Gasteiger partial charge in [-0.1, -0.05) is 38.5 Å². The summed E-state index contributed by atoms with van der Waals surface area (Å²) in [6.45, 7) is 6.87. The molecule has 4 atom stereocenters. The van der Waals surface area contributed by atoms with Crippen molar-refractivity contribution in [1.82, 2.24) is 15.5 Å². The molecular weight excluding hydrogens is 543 g/mol. The number of amides is 4. The highest BCUT2D eigenvalue weighted by molar-refractivity contribution is 6.08. The van der Waals surface area contributed by atoms with Crippen LogP contribution in [0, 0.1) is 5.92 Å². The number of hydrogen-bond acceptors (Lipinski definition) is 7. The first kappa shape index (κ1) is 31.3. The van der Waals surface area contributed by atoms with E-state index in [-0.39, 0.29) is 43.5 Å². The molecule has 0 radical (unpaired) electrons. The lowest BCUT2D eigenvalue weighted by Gasteiger charge is -2.38. The average molecular weight is 585 g/mol. The molecule has 1 aromatic carbocycles. The van der Waals surface area contributed by atoms with Gasteiger partial charge in [-0.05, 0) is 49.8 Å². The molecule has 0 saturated heterocycles. The minimum Gasteiger partial charge on any atom is -0.369 e. The van der Waals surface area contributed by atoms with Crippen LogP contribution in [0.2, 0.25) is 0 Å². The Morgan fingerprint density at radius 1 is 1.21 bits per heavy atom. The summed E-state index contributed by atoms with van der Waals surface area (Å²) in [7, 11) is 0. The van der Waals surface area contributed by atoms with Crippen LogP contribution < -0.4 is 15.5 Å². The standard InChI is InChI=1S/C30H41FN6O5/c1-5-19(4)26(36(18(2)3)25(38)17-42-14-12-31)29(40)34-23-10-9-20-7-6-8-21-15-24(37(27(20)21)30(23)41)28(39)32-16-22-11-13-33-35-22/h6-8,11,18-19,23-24,26H,5,9-10,12-17H2,1-4H3,(H,32,39)(H,34,40)/t19-,23-,24-,26-/m0/s1. The predicted molar refractivity (Wildman–Crippen MR) is 155 cm³/mol. The first-order valence-electron chi connectivity index (χ1n) is 14.7. The second-order valence-corrected chi connectivity index (χ2v) is 11.3. The topological polar surface area (TPSA) is 133 Å². The minimum absolute atomic E-state index is 0.205. The molecule has 2 N–H and O–H groups in total. The fraction of sp³-hybridized carbons (Fsp3) is 0.600. The van der Waals surface area contributed by atoms with Gasteiger partial charge >= 0.3 is 0 Å². The molecule has 0 unspecified atom stereocenters. The van der Waals surface area contributed by atoms with E-state index >= 15 is 0 Å². The molecule has 0 saturated carbocycles. The van der Waals surface area contributed by atoms with Crippen LogP contribution in [0.5, 0.6) is 0 Å². The number of azo groups is 1. The maximum absolute atomic E-state index is 14.1. The Kier molecular flexibility index (Phi) is 10.4. The zero-order chi connectivity index (χ0) is 30.4. The lowest BCUT2D eigenvalue weighted by molar-refractivity contribution is -0.148. The second-order valence-electron chi connectivity index (χ2n) is 11.3. The van der Waals surface area contributed by atoms with Crippen LogP contribution in [0.25, 0.3) is 0 Å². The van der Waals surface area contributed by atoms with Crippen molar-refractivity contribution in [2.45, 2.75) is 77.5 Å². The molecule has 3 heterocycles. The van der Waals surface area contributed by atoms with Gasteiger partial charge in [-0.15, -0.1) is 0 Å². The number of benzene rings is 1. The first-order chi connectivity index (χ1) is 20.2. The molecule has 11 nitrogen and oxygen atoms in total. The van der Waals surface area contributed by atoms with Crippen molar-refractivity contribution >= 4 is 29.3 Å².